The molecule has 0 saturated carbocycles. The average molecular weight is 247 g/mol. The summed E-state index contributed by atoms with van der Waals surface area (Å²) in [7, 11) is 0. The molecule has 2 N–H and O–H groups in total. The minimum Gasteiger partial charge on any atom is -0.480 e. The highest BCUT2D eigenvalue weighted by Gasteiger charge is 2.34. The monoisotopic (exact) mass is 247 g/mol. The minimum atomic E-state index is -4.66. The number of rotatable bonds is 3. The maximum atomic E-state index is 12.5. The molecular formula is C10H8F3NO3. The van der Waals surface area contributed by atoms with Gasteiger partial charge in [0.2, 0.25) is 0 Å². The molecular weight excluding hydrogens is 239 g/mol. The zero-order chi connectivity index (χ0) is 13.1. The number of hydrogen-bond acceptors (Lipinski definition) is 2. The van der Waals surface area contributed by atoms with E-state index in [4.69, 9.17) is 5.11 Å². The van der Waals surface area contributed by atoms with Crippen LogP contribution in [0.4, 0.5) is 13.2 Å². The molecule has 0 spiro atoms. The maximum absolute atomic E-state index is 12.5. The molecule has 4 nitrogen and oxygen atoms in total. The highest BCUT2D eigenvalue weighted by atomic mass is 19.4. The number of carboxylic acids is 1. The Kier molecular flexibility index (Phi) is 3.72. The summed E-state index contributed by atoms with van der Waals surface area (Å²) in [6, 6.07) is 4.16. The Balaban J connectivity index is 2.98. The van der Waals surface area contributed by atoms with E-state index in [0.717, 1.165) is 18.2 Å². The summed E-state index contributed by atoms with van der Waals surface area (Å²) in [5.41, 5.74) is -1.69. The number of carboxylic acid groups (broad SMARTS) is 1. The number of hydrogen-bond donors (Lipinski definition) is 2. The van der Waals surface area contributed by atoms with E-state index < -0.39 is 35.7 Å². The van der Waals surface area contributed by atoms with Crippen LogP contribution in [0.2, 0.25) is 0 Å². The van der Waals surface area contributed by atoms with Gasteiger partial charge in [-0.05, 0) is 12.1 Å². The summed E-state index contributed by atoms with van der Waals surface area (Å²) in [5.74, 6) is -2.40. The number of benzene rings is 1. The second-order valence-corrected chi connectivity index (χ2v) is 3.12. The summed E-state index contributed by atoms with van der Waals surface area (Å²) in [5, 5.41) is 10.2. The number of halogens is 3. The molecule has 0 bridgehead atoms. The number of aliphatic carboxylic acids is 1. The largest absolute Gasteiger partial charge is 0.480 e. The predicted octanol–water partition coefficient (Wildman–Crippen LogP) is 1.52. The lowest BCUT2D eigenvalue weighted by Crippen LogP contribution is -2.30. The molecule has 0 fully saturated rings. The first-order valence-electron chi connectivity index (χ1n) is 4.48. The van der Waals surface area contributed by atoms with E-state index in [-0.39, 0.29) is 0 Å². The normalized spacial score (nSPS) is 11.0. The van der Waals surface area contributed by atoms with E-state index in [9.17, 15) is 22.8 Å². The molecule has 0 aliphatic rings. The first kappa shape index (κ1) is 13.0. The van der Waals surface area contributed by atoms with Crippen LogP contribution in [0, 0.1) is 0 Å². The second kappa shape index (κ2) is 4.86. The van der Waals surface area contributed by atoms with Crippen molar-refractivity contribution in [2.75, 3.05) is 6.54 Å². The van der Waals surface area contributed by atoms with Gasteiger partial charge in [0.1, 0.15) is 6.54 Å². The molecule has 0 saturated heterocycles. The maximum Gasteiger partial charge on any atom is 0.417 e. The average Bonchev–Trinajstić information content (AvgIpc) is 2.24. The Labute approximate surface area is 94.1 Å². The lowest BCUT2D eigenvalue weighted by Gasteiger charge is -2.11. The van der Waals surface area contributed by atoms with Gasteiger partial charge in [-0.3, -0.25) is 9.59 Å². The first-order chi connectivity index (χ1) is 7.82. The number of alkyl halides is 3. The quantitative estimate of drug-likeness (QED) is 0.851. The summed E-state index contributed by atoms with van der Waals surface area (Å²) in [6.45, 7) is -0.731. The molecule has 0 heterocycles. The Morgan fingerprint density at radius 2 is 1.82 bits per heavy atom. The predicted molar refractivity (Wildman–Crippen MR) is 51.4 cm³/mol. The van der Waals surface area contributed by atoms with Crippen molar-refractivity contribution in [1.29, 1.82) is 0 Å². The summed E-state index contributed by atoms with van der Waals surface area (Å²) in [4.78, 5) is 21.5. The SMILES string of the molecule is O=C(O)CNC(=O)c1ccccc1C(F)(F)F. The van der Waals surface area contributed by atoms with Crippen molar-refractivity contribution in [3.05, 3.63) is 35.4 Å². The Bertz CT molecular complexity index is 443. The van der Waals surface area contributed by atoms with Gasteiger partial charge < -0.3 is 10.4 Å². The van der Waals surface area contributed by atoms with Gasteiger partial charge >= 0.3 is 12.1 Å². The number of carbonyl (C=O) groups excluding carboxylic acids is 1. The Hall–Kier alpha value is -2.05. The molecule has 0 aromatic heterocycles. The molecule has 1 aromatic carbocycles. The van der Waals surface area contributed by atoms with E-state index in [1.54, 1.807) is 0 Å². The van der Waals surface area contributed by atoms with E-state index in [2.05, 4.69) is 0 Å². The van der Waals surface area contributed by atoms with Crippen molar-refractivity contribution < 1.29 is 27.9 Å². The van der Waals surface area contributed by atoms with E-state index in [1.807, 2.05) is 5.32 Å². The first-order valence-corrected chi connectivity index (χ1v) is 4.48. The fourth-order valence-electron chi connectivity index (χ4n) is 1.18. The summed E-state index contributed by atoms with van der Waals surface area (Å²) < 4.78 is 37.5. The molecule has 0 radical (unpaired) electrons. The lowest BCUT2D eigenvalue weighted by atomic mass is 10.1. The summed E-state index contributed by atoms with van der Waals surface area (Å²) >= 11 is 0. The van der Waals surface area contributed by atoms with Crippen LogP contribution in [0.5, 0.6) is 0 Å². The van der Waals surface area contributed by atoms with Crippen molar-refractivity contribution >= 4 is 11.9 Å². The van der Waals surface area contributed by atoms with Gasteiger partial charge in [0, 0.05) is 0 Å². The second-order valence-electron chi connectivity index (χ2n) is 3.12. The molecule has 0 aliphatic heterocycles. The van der Waals surface area contributed by atoms with Crippen molar-refractivity contribution in [3.8, 4) is 0 Å². The van der Waals surface area contributed by atoms with Crippen LogP contribution in [0.15, 0.2) is 24.3 Å². The highest BCUT2D eigenvalue weighted by Crippen LogP contribution is 2.31. The van der Waals surface area contributed by atoms with Crippen LogP contribution >= 0.6 is 0 Å². The number of amides is 1. The molecule has 0 unspecified atom stereocenters. The third kappa shape index (κ3) is 3.47. The number of nitrogens with one attached hydrogen (secondary N) is 1. The molecule has 17 heavy (non-hydrogen) atoms. The van der Waals surface area contributed by atoms with Gasteiger partial charge in [-0.15, -0.1) is 0 Å². The fourth-order valence-corrected chi connectivity index (χ4v) is 1.18. The van der Waals surface area contributed by atoms with E-state index >= 15 is 0 Å². The van der Waals surface area contributed by atoms with Crippen LogP contribution < -0.4 is 5.32 Å². The molecule has 92 valence electrons. The molecule has 0 atom stereocenters. The Morgan fingerprint density at radius 3 is 2.35 bits per heavy atom. The van der Waals surface area contributed by atoms with Gasteiger partial charge in [0.15, 0.2) is 0 Å². The minimum absolute atomic E-state index is 0.596. The van der Waals surface area contributed by atoms with Crippen molar-refractivity contribution in [3.63, 3.8) is 0 Å². The van der Waals surface area contributed by atoms with Crippen molar-refractivity contribution in [2.24, 2.45) is 0 Å². The smallest absolute Gasteiger partial charge is 0.417 e. The fraction of sp³-hybridized carbons (Fsp3) is 0.200. The van der Waals surface area contributed by atoms with Gasteiger partial charge in [-0.25, -0.2) is 0 Å². The van der Waals surface area contributed by atoms with Crippen LogP contribution in [0.25, 0.3) is 0 Å². The molecule has 1 amide bonds. The molecule has 0 aliphatic carbocycles. The molecule has 1 rings (SSSR count). The van der Waals surface area contributed by atoms with Crippen LogP contribution in [0.1, 0.15) is 15.9 Å². The highest BCUT2D eigenvalue weighted by molar-refractivity contribution is 5.97. The van der Waals surface area contributed by atoms with Crippen LogP contribution in [-0.2, 0) is 11.0 Å². The topological polar surface area (TPSA) is 66.4 Å². The lowest BCUT2D eigenvalue weighted by molar-refractivity contribution is -0.138. The third-order valence-corrected chi connectivity index (χ3v) is 1.88. The van der Waals surface area contributed by atoms with Crippen molar-refractivity contribution in [2.45, 2.75) is 6.18 Å². The zero-order valence-corrected chi connectivity index (χ0v) is 8.41. The van der Waals surface area contributed by atoms with Gasteiger partial charge in [0.05, 0.1) is 11.1 Å². The summed E-state index contributed by atoms with van der Waals surface area (Å²) in [6.07, 6.45) is -4.66. The number of carbonyl (C=O) groups is 2. The van der Waals surface area contributed by atoms with Crippen molar-refractivity contribution in [1.82, 2.24) is 5.32 Å². The van der Waals surface area contributed by atoms with Crippen LogP contribution in [-0.4, -0.2) is 23.5 Å². The standard InChI is InChI=1S/C10H8F3NO3/c11-10(12,13)7-4-2-1-3-6(7)9(17)14-5-8(15)16/h1-4H,5H2,(H,14,17)(H,15,16). The van der Waals surface area contributed by atoms with E-state index in [1.165, 1.54) is 6.07 Å². The third-order valence-electron chi connectivity index (χ3n) is 1.88. The van der Waals surface area contributed by atoms with Gasteiger partial charge in [-0.1, -0.05) is 12.1 Å². The molecule has 7 heteroatoms. The Morgan fingerprint density at radius 1 is 1.24 bits per heavy atom. The van der Waals surface area contributed by atoms with Gasteiger partial charge in [0.25, 0.3) is 5.91 Å². The zero-order valence-electron chi connectivity index (χ0n) is 8.41. The van der Waals surface area contributed by atoms with Crippen LogP contribution in [0.3, 0.4) is 0 Å². The van der Waals surface area contributed by atoms with E-state index in [0.29, 0.717) is 0 Å². The van der Waals surface area contributed by atoms with Gasteiger partial charge in [-0.2, -0.15) is 13.2 Å². The molecule has 1 aromatic rings.